The van der Waals surface area contributed by atoms with E-state index in [9.17, 15) is 9.18 Å². The van der Waals surface area contributed by atoms with Crippen molar-refractivity contribution in [2.45, 2.75) is 6.92 Å². The van der Waals surface area contributed by atoms with Gasteiger partial charge in [-0.15, -0.1) is 0 Å². The van der Waals surface area contributed by atoms with Crippen molar-refractivity contribution in [3.05, 3.63) is 59.9 Å². The van der Waals surface area contributed by atoms with Crippen molar-refractivity contribution in [2.24, 2.45) is 5.10 Å². The monoisotopic (exact) mass is 329 g/mol. The van der Waals surface area contributed by atoms with E-state index in [2.05, 4.69) is 10.5 Å². The van der Waals surface area contributed by atoms with Crippen LogP contribution in [-0.2, 0) is 4.79 Å². The van der Waals surface area contributed by atoms with Crippen molar-refractivity contribution < 1.29 is 13.9 Å². The second-order valence-corrected chi connectivity index (χ2v) is 5.42. The molecule has 0 bridgehead atoms. The number of hydrazone groups is 1. The normalized spacial score (nSPS) is 11.1. The number of rotatable bonds is 6. The number of nitrogens with zero attached hydrogens (tertiary/aromatic N) is 2. The van der Waals surface area contributed by atoms with Gasteiger partial charge in [0.05, 0.1) is 5.71 Å². The molecule has 126 valence electrons. The third-order valence-electron chi connectivity index (χ3n) is 3.32. The number of hydrogen-bond acceptors (Lipinski definition) is 4. The Kier molecular flexibility index (Phi) is 5.89. The molecule has 0 radical (unpaired) electrons. The molecule has 0 unspecified atom stereocenters. The summed E-state index contributed by atoms with van der Waals surface area (Å²) in [6.07, 6.45) is 0. The molecule has 0 heterocycles. The Balaban J connectivity index is 1.88. The maximum atomic E-state index is 13.0. The first-order valence-corrected chi connectivity index (χ1v) is 7.45. The summed E-state index contributed by atoms with van der Waals surface area (Å²) in [5, 5.41) is 4.05. The molecule has 5 nitrogen and oxygen atoms in total. The van der Waals surface area contributed by atoms with Crippen LogP contribution in [0.1, 0.15) is 12.5 Å². The molecule has 0 aromatic heterocycles. The number of hydrogen-bond donors (Lipinski definition) is 1. The molecule has 0 aliphatic carbocycles. The summed E-state index contributed by atoms with van der Waals surface area (Å²) >= 11 is 0. The molecule has 0 saturated heterocycles. The van der Waals surface area contributed by atoms with Gasteiger partial charge in [-0.2, -0.15) is 5.10 Å². The van der Waals surface area contributed by atoms with Gasteiger partial charge in [0.2, 0.25) is 0 Å². The van der Waals surface area contributed by atoms with Crippen LogP contribution in [0.25, 0.3) is 0 Å². The first-order chi connectivity index (χ1) is 11.5. The Bertz CT molecular complexity index is 727. The highest BCUT2D eigenvalue weighted by Gasteiger charge is 2.04. The Labute approximate surface area is 140 Å². The molecule has 0 saturated carbocycles. The number of carbonyl (C=O) groups is 1. The van der Waals surface area contributed by atoms with Crippen molar-refractivity contribution in [2.75, 3.05) is 25.6 Å². The Morgan fingerprint density at radius 3 is 2.54 bits per heavy atom. The summed E-state index contributed by atoms with van der Waals surface area (Å²) in [7, 11) is 3.93. The molecule has 0 fully saturated rings. The van der Waals surface area contributed by atoms with Crippen LogP contribution in [0.3, 0.4) is 0 Å². The number of halogens is 1. The molecule has 24 heavy (non-hydrogen) atoms. The molecule has 1 N–H and O–H groups in total. The van der Waals surface area contributed by atoms with Gasteiger partial charge < -0.3 is 9.64 Å². The van der Waals surface area contributed by atoms with E-state index in [-0.39, 0.29) is 6.61 Å². The summed E-state index contributed by atoms with van der Waals surface area (Å²) in [5.74, 6) is -0.531. The maximum absolute atomic E-state index is 13.0. The van der Waals surface area contributed by atoms with Crippen LogP contribution in [0.5, 0.6) is 5.75 Å². The van der Waals surface area contributed by atoms with E-state index in [0.29, 0.717) is 11.5 Å². The smallest absolute Gasteiger partial charge is 0.277 e. The average Bonchev–Trinajstić information content (AvgIpc) is 2.58. The second kappa shape index (κ2) is 8.10. The predicted molar refractivity (Wildman–Crippen MR) is 93.0 cm³/mol. The summed E-state index contributed by atoms with van der Waals surface area (Å²) < 4.78 is 18.2. The van der Waals surface area contributed by atoms with Gasteiger partial charge in [-0.3, -0.25) is 4.79 Å². The van der Waals surface area contributed by atoms with Crippen molar-refractivity contribution in [3.63, 3.8) is 0 Å². The first-order valence-electron chi connectivity index (χ1n) is 7.45. The van der Waals surface area contributed by atoms with Gasteiger partial charge in [-0.25, -0.2) is 9.82 Å². The van der Waals surface area contributed by atoms with E-state index in [1.165, 1.54) is 18.2 Å². The van der Waals surface area contributed by atoms with Crippen LogP contribution in [0.4, 0.5) is 10.1 Å². The number of anilines is 1. The largest absolute Gasteiger partial charge is 0.484 e. The highest BCUT2D eigenvalue weighted by atomic mass is 19.1. The molecular formula is C18H20FN3O2. The van der Waals surface area contributed by atoms with Crippen LogP contribution in [-0.4, -0.2) is 32.3 Å². The zero-order valence-electron chi connectivity index (χ0n) is 13.9. The number of nitrogens with one attached hydrogen (secondary N) is 1. The second-order valence-electron chi connectivity index (χ2n) is 5.42. The van der Waals surface area contributed by atoms with Crippen LogP contribution in [0.15, 0.2) is 53.6 Å². The molecular weight excluding hydrogens is 309 g/mol. The van der Waals surface area contributed by atoms with E-state index >= 15 is 0 Å². The fraction of sp³-hybridized carbons (Fsp3) is 0.222. The summed E-state index contributed by atoms with van der Waals surface area (Å²) in [4.78, 5) is 13.7. The summed E-state index contributed by atoms with van der Waals surface area (Å²) in [6.45, 7) is 1.57. The van der Waals surface area contributed by atoms with Crippen LogP contribution < -0.4 is 15.1 Å². The Hall–Kier alpha value is -2.89. The molecule has 0 aliphatic rings. The summed E-state index contributed by atoms with van der Waals surface area (Å²) in [6, 6.07) is 13.4. The lowest BCUT2D eigenvalue weighted by Crippen LogP contribution is -2.25. The zero-order valence-corrected chi connectivity index (χ0v) is 13.9. The Morgan fingerprint density at radius 1 is 1.21 bits per heavy atom. The average molecular weight is 329 g/mol. The van der Waals surface area contributed by atoms with Crippen LogP contribution in [0.2, 0.25) is 0 Å². The van der Waals surface area contributed by atoms with E-state index < -0.39 is 11.7 Å². The third-order valence-corrected chi connectivity index (χ3v) is 3.32. The van der Waals surface area contributed by atoms with Crippen molar-refractivity contribution >= 4 is 17.3 Å². The van der Waals surface area contributed by atoms with E-state index in [1.807, 2.05) is 43.3 Å². The number of carbonyl (C=O) groups excluding carboxylic acids is 1. The number of ether oxygens (including phenoxy) is 1. The molecule has 6 heteroatoms. The highest BCUT2D eigenvalue weighted by Crippen LogP contribution is 2.13. The van der Waals surface area contributed by atoms with Crippen LogP contribution in [0, 0.1) is 5.82 Å². The minimum absolute atomic E-state index is 0.236. The van der Waals surface area contributed by atoms with Gasteiger partial charge in [-0.1, -0.05) is 18.2 Å². The SMILES string of the molecule is C/C(=N/NC(=O)COc1cccc(F)c1)c1ccc(N(C)C)cc1. The summed E-state index contributed by atoms with van der Waals surface area (Å²) in [5.41, 5.74) is 5.09. The van der Waals surface area contributed by atoms with Gasteiger partial charge in [-0.05, 0) is 36.8 Å². The lowest BCUT2D eigenvalue weighted by Gasteiger charge is -2.12. The highest BCUT2D eigenvalue weighted by molar-refractivity contribution is 5.99. The predicted octanol–water partition coefficient (Wildman–Crippen LogP) is 2.81. The van der Waals surface area contributed by atoms with Crippen molar-refractivity contribution in [1.82, 2.24) is 5.43 Å². The molecule has 2 aromatic carbocycles. The molecule has 0 aliphatic heterocycles. The fourth-order valence-corrected chi connectivity index (χ4v) is 1.95. The maximum Gasteiger partial charge on any atom is 0.277 e. The minimum Gasteiger partial charge on any atom is -0.484 e. The molecule has 2 rings (SSSR count). The number of amides is 1. The van der Waals surface area contributed by atoms with Crippen molar-refractivity contribution in [1.29, 1.82) is 0 Å². The molecule has 0 spiro atoms. The van der Waals surface area contributed by atoms with Gasteiger partial charge in [0, 0.05) is 25.8 Å². The lowest BCUT2D eigenvalue weighted by atomic mass is 10.1. The standard InChI is InChI=1S/C18H20FN3O2/c1-13(14-7-9-16(10-8-14)22(2)3)20-21-18(23)12-24-17-6-4-5-15(19)11-17/h4-11H,12H2,1-3H3,(H,21,23)/b20-13-. The van der Waals surface area contributed by atoms with Gasteiger partial charge in [0.25, 0.3) is 5.91 Å². The molecule has 2 aromatic rings. The molecule has 0 atom stereocenters. The van der Waals surface area contributed by atoms with Gasteiger partial charge >= 0.3 is 0 Å². The van der Waals surface area contributed by atoms with E-state index in [4.69, 9.17) is 4.74 Å². The third kappa shape index (κ3) is 5.08. The van der Waals surface area contributed by atoms with Crippen molar-refractivity contribution in [3.8, 4) is 5.75 Å². The molecule has 1 amide bonds. The van der Waals surface area contributed by atoms with Gasteiger partial charge in [0.15, 0.2) is 6.61 Å². The quantitative estimate of drug-likeness (QED) is 0.655. The Morgan fingerprint density at radius 2 is 1.92 bits per heavy atom. The first kappa shape index (κ1) is 17.5. The zero-order chi connectivity index (χ0) is 17.5. The van der Waals surface area contributed by atoms with E-state index in [1.54, 1.807) is 13.0 Å². The topological polar surface area (TPSA) is 53.9 Å². The number of benzene rings is 2. The lowest BCUT2D eigenvalue weighted by molar-refractivity contribution is -0.123. The minimum atomic E-state index is -0.414. The fourth-order valence-electron chi connectivity index (χ4n) is 1.95. The van der Waals surface area contributed by atoms with E-state index in [0.717, 1.165) is 11.3 Å². The van der Waals surface area contributed by atoms with Gasteiger partial charge in [0.1, 0.15) is 11.6 Å². The van der Waals surface area contributed by atoms with Crippen LogP contribution >= 0.6 is 0 Å².